The summed E-state index contributed by atoms with van der Waals surface area (Å²) in [6, 6.07) is 7.03. The monoisotopic (exact) mass is 837 g/mol. The van der Waals surface area contributed by atoms with Gasteiger partial charge in [0.2, 0.25) is 11.8 Å². The molecule has 0 radical (unpaired) electrons. The van der Waals surface area contributed by atoms with Crippen LogP contribution in [0.15, 0.2) is 36.4 Å². The van der Waals surface area contributed by atoms with Crippen LogP contribution in [0.4, 0.5) is 26.3 Å². The summed E-state index contributed by atoms with van der Waals surface area (Å²) in [5, 5.41) is 23.4. The Morgan fingerprint density at radius 2 is 1.50 bits per heavy atom. The molecular weight excluding hydrogens is 793 g/mol. The van der Waals surface area contributed by atoms with Gasteiger partial charge in [-0.1, -0.05) is 13.8 Å². The zero-order valence-electron chi connectivity index (χ0n) is 34.3. The van der Waals surface area contributed by atoms with Crippen molar-refractivity contribution in [3.05, 3.63) is 92.3 Å². The molecule has 10 nitrogen and oxygen atoms in total. The predicted molar refractivity (Wildman–Crippen MR) is 214 cm³/mol. The van der Waals surface area contributed by atoms with E-state index >= 15 is 0 Å². The molecule has 16 heteroatoms. The number of esters is 1. The number of nitrogens with zero attached hydrogens (tertiary/aromatic N) is 3. The quantitative estimate of drug-likeness (QED) is 0.0884. The fourth-order valence-electron chi connectivity index (χ4n) is 8.55. The molecule has 1 unspecified atom stereocenters. The second kappa shape index (κ2) is 15.4. The standard InChI is InChI=1S/C44H45F6N5O5/c1-9-27-19(2)29-17-34-36(23(6)60-18-24-12-25(43(45,46)47)14-26(13-24)44(48,49)50)21(4)31(52-34)15-30-20(3)28(10-11-35(56)59-8)39(53-30)38-40-37(41(57)55(7)42(38)58)22(5)32(54-40)16-33(27)51-29/h12-17,20,23,28,51-52,57-58H,9-11,18H2,1-8H3/t20-,23?,28-/m0/s1. The number of carbonyl (C=O) groups is 1. The number of pyridine rings is 1. The van der Waals surface area contributed by atoms with Crippen molar-refractivity contribution >= 4 is 38.9 Å². The van der Waals surface area contributed by atoms with Gasteiger partial charge in [-0.05, 0) is 105 Å². The Hall–Kier alpha value is -5.77. The average molecular weight is 838 g/mol. The third kappa shape index (κ3) is 7.39. The van der Waals surface area contributed by atoms with E-state index in [0.717, 1.165) is 22.2 Å². The summed E-state index contributed by atoms with van der Waals surface area (Å²) in [7, 11) is 2.84. The molecule has 1 aromatic carbocycles. The smallest absolute Gasteiger partial charge is 0.416 e. The van der Waals surface area contributed by atoms with Gasteiger partial charge >= 0.3 is 18.3 Å². The van der Waals surface area contributed by atoms with Gasteiger partial charge in [-0.3, -0.25) is 14.3 Å². The number of benzene rings is 1. The van der Waals surface area contributed by atoms with Gasteiger partial charge in [0.25, 0.3) is 0 Å². The summed E-state index contributed by atoms with van der Waals surface area (Å²) in [4.78, 5) is 29.6. The van der Waals surface area contributed by atoms with Gasteiger partial charge in [0.05, 0.1) is 58.8 Å². The lowest BCUT2D eigenvalue weighted by molar-refractivity contribution is -0.143. The molecule has 0 amide bonds. The van der Waals surface area contributed by atoms with E-state index in [0.29, 0.717) is 86.2 Å². The van der Waals surface area contributed by atoms with Crippen LogP contribution < -0.4 is 0 Å². The van der Waals surface area contributed by atoms with Gasteiger partial charge in [0, 0.05) is 58.6 Å². The number of alkyl halides is 6. The van der Waals surface area contributed by atoms with Gasteiger partial charge in [0.15, 0.2) is 0 Å². The average Bonchev–Trinajstić information content (AvgIpc) is 3.87. The number of methoxy groups -OCH3 is 1. The molecule has 318 valence electrons. The normalized spacial score (nSPS) is 16.0. The number of hydrogen-bond donors (Lipinski definition) is 4. The molecule has 6 heterocycles. The highest BCUT2D eigenvalue weighted by atomic mass is 19.4. The number of rotatable bonds is 8. The third-order valence-corrected chi connectivity index (χ3v) is 11.9. The Morgan fingerprint density at radius 3 is 2.12 bits per heavy atom. The van der Waals surface area contributed by atoms with Crippen LogP contribution in [0.1, 0.15) is 107 Å². The van der Waals surface area contributed by atoms with Crippen molar-refractivity contribution < 1.29 is 50.8 Å². The first-order valence-electron chi connectivity index (χ1n) is 19.5. The first-order chi connectivity index (χ1) is 28.1. The van der Waals surface area contributed by atoms with Crippen molar-refractivity contribution in [2.45, 2.75) is 97.7 Å². The van der Waals surface area contributed by atoms with Crippen molar-refractivity contribution in [3.8, 4) is 23.0 Å². The first-order valence-corrected chi connectivity index (χ1v) is 19.5. The van der Waals surface area contributed by atoms with Crippen molar-refractivity contribution in [1.29, 1.82) is 0 Å². The Labute approximate surface area is 340 Å². The van der Waals surface area contributed by atoms with E-state index in [1.54, 1.807) is 6.92 Å². The summed E-state index contributed by atoms with van der Waals surface area (Å²) in [6.45, 7) is 10.7. The number of aromatic amines is 2. The second-order valence-electron chi connectivity index (χ2n) is 15.6. The van der Waals surface area contributed by atoms with E-state index in [1.165, 1.54) is 18.7 Å². The first kappa shape index (κ1) is 42.4. The van der Waals surface area contributed by atoms with Crippen LogP contribution in [0.25, 0.3) is 44.2 Å². The molecule has 8 bridgehead atoms. The zero-order valence-corrected chi connectivity index (χ0v) is 34.3. The van der Waals surface area contributed by atoms with Crippen LogP contribution in [0, 0.1) is 20.8 Å². The molecule has 4 aromatic rings. The SMILES string of the molecule is CCc1c(C)c2cc3[nH]c(cc4nc(c5c6nc(cc1[nH]2)c(C)c-6c(O)n(C)c5O)[C@@H](CCC(=O)OC)[C@@H]4C)c(C)c3C(C)OCc1cc(C(F)(F)F)cc(C(F)(F)F)c1. The van der Waals surface area contributed by atoms with E-state index in [2.05, 4.69) is 9.97 Å². The highest BCUT2D eigenvalue weighted by Crippen LogP contribution is 2.50. The van der Waals surface area contributed by atoms with E-state index < -0.39 is 48.1 Å². The Kier molecular flexibility index (Phi) is 10.8. The Balaban J connectivity index is 1.51. The summed E-state index contributed by atoms with van der Waals surface area (Å²) >= 11 is 0. The Morgan fingerprint density at radius 1 is 0.867 bits per heavy atom. The van der Waals surface area contributed by atoms with Crippen molar-refractivity contribution in [1.82, 2.24) is 24.5 Å². The van der Waals surface area contributed by atoms with E-state index in [-0.39, 0.29) is 35.7 Å². The highest BCUT2D eigenvalue weighted by Gasteiger charge is 2.38. The van der Waals surface area contributed by atoms with Crippen molar-refractivity contribution in [2.24, 2.45) is 7.05 Å². The minimum Gasteiger partial charge on any atom is -0.494 e. The van der Waals surface area contributed by atoms with E-state index in [1.807, 2.05) is 52.8 Å². The number of aromatic hydroxyl groups is 2. The van der Waals surface area contributed by atoms with Gasteiger partial charge in [-0.2, -0.15) is 26.3 Å². The van der Waals surface area contributed by atoms with Crippen LogP contribution in [0.3, 0.4) is 0 Å². The summed E-state index contributed by atoms with van der Waals surface area (Å²) in [6.07, 6.45) is -9.85. The van der Waals surface area contributed by atoms with Crippen LogP contribution in [0.2, 0.25) is 0 Å². The maximum Gasteiger partial charge on any atom is 0.416 e. The van der Waals surface area contributed by atoms with E-state index in [9.17, 15) is 41.4 Å². The molecule has 4 N–H and O–H groups in total. The molecule has 0 saturated carbocycles. The molecular formula is C44H45F6N5O5. The number of hydrogen-bond acceptors (Lipinski definition) is 7. The number of ether oxygens (including phenoxy) is 2. The molecule has 3 aromatic heterocycles. The maximum atomic E-state index is 13.7. The van der Waals surface area contributed by atoms with Crippen LogP contribution in [-0.2, 0) is 46.7 Å². The molecule has 0 saturated heterocycles. The molecule has 3 aliphatic rings. The zero-order chi connectivity index (χ0) is 43.7. The number of aryl methyl sites for hydroxylation is 4. The number of nitrogens with one attached hydrogen (secondary N) is 2. The molecule has 0 spiro atoms. The lowest BCUT2D eigenvalue weighted by Crippen LogP contribution is -2.12. The third-order valence-electron chi connectivity index (χ3n) is 11.9. The van der Waals surface area contributed by atoms with Gasteiger partial charge in [0.1, 0.15) is 0 Å². The van der Waals surface area contributed by atoms with Gasteiger partial charge < -0.3 is 29.7 Å². The highest BCUT2D eigenvalue weighted by molar-refractivity contribution is 5.96. The number of fused-ring (bicyclic) bond motifs is 8. The Bertz CT molecular complexity index is 2730. The number of carbonyl (C=O) groups excluding carboxylic acids is 1. The van der Waals surface area contributed by atoms with E-state index in [4.69, 9.17) is 19.4 Å². The lowest BCUT2D eigenvalue weighted by Gasteiger charge is -2.19. The number of aromatic nitrogens is 5. The second-order valence-corrected chi connectivity index (χ2v) is 15.6. The lowest BCUT2D eigenvalue weighted by atomic mass is 9.85. The fourth-order valence-corrected chi connectivity index (χ4v) is 8.55. The predicted octanol–water partition coefficient (Wildman–Crippen LogP) is 11.1. The molecule has 3 aliphatic heterocycles. The van der Waals surface area contributed by atoms with Gasteiger partial charge in [-0.25, -0.2) is 4.98 Å². The fraction of sp³-hybridized carbons (Fsp3) is 0.386. The molecule has 60 heavy (non-hydrogen) atoms. The molecule has 7 rings (SSSR count). The van der Waals surface area contributed by atoms with Crippen LogP contribution in [0.5, 0.6) is 11.8 Å². The molecule has 0 fully saturated rings. The minimum atomic E-state index is -5.01. The minimum absolute atomic E-state index is 0.0580. The largest absolute Gasteiger partial charge is 0.494 e. The number of halogens is 6. The van der Waals surface area contributed by atoms with Crippen LogP contribution >= 0.6 is 0 Å². The summed E-state index contributed by atoms with van der Waals surface area (Å²) < 4.78 is 94.5. The summed E-state index contributed by atoms with van der Waals surface area (Å²) in [5.74, 6) is -1.59. The van der Waals surface area contributed by atoms with Crippen LogP contribution in [-0.4, -0.2) is 47.8 Å². The summed E-state index contributed by atoms with van der Waals surface area (Å²) in [5.41, 5.74) is 5.79. The van der Waals surface area contributed by atoms with Crippen molar-refractivity contribution in [2.75, 3.05) is 7.11 Å². The van der Waals surface area contributed by atoms with Crippen molar-refractivity contribution in [3.63, 3.8) is 0 Å². The topological polar surface area (TPSA) is 138 Å². The molecule has 3 atom stereocenters. The van der Waals surface area contributed by atoms with Gasteiger partial charge in [-0.15, -0.1) is 0 Å². The maximum absolute atomic E-state index is 13.7. The number of H-pyrrole nitrogens is 2. The molecule has 0 aliphatic carbocycles.